The molecule has 0 bridgehead atoms. The van der Waals surface area contributed by atoms with Crippen LogP contribution in [0.5, 0.6) is 0 Å². The van der Waals surface area contributed by atoms with Crippen LogP contribution in [0.4, 0.5) is 17.1 Å². The minimum absolute atomic E-state index is 0.00627. The molecule has 2 N–H and O–H groups in total. The van der Waals surface area contributed by atoms with Crippen molar-refractivity contribution in [2.75, 3.05) is 10.6 Å². The van der Waals surface area contributed by atoms with Crippen LogP contribution in [0.25, 0.3) is 11.1 Å². The summed E-state index contributed by atoms with van der Waals surface area (Å²) in [6.07, 6.45) is 1.82. The summed E-state index contributed by atoms with van der Waals surface area (Å²) < 4.78 is 6.10. The summed E-state index contributed by atoms with van der Waals surface area (Å²) in [5.41, 5.74) is 1.24. The van der Waals surface area contributed by atoms with Crippen LogP contribution in [0.3, 0.4) is 0 Å². The van der Waals surface area contributed by atoms with Crippen LogP contribution in [-0.2, 0) is 16.1 Å². The zero-order valence-corrected chi connectivity index (χ0v) is 15.1. The maximum Gasteiger partial charge on any atom is 0.420 e. The van der Waals surface area contributed by atoms with Crippen LogP contribution in [0.15, 0.2) is 51.7 Å². The van der Waals surface area contributed by atoms with E-state index in [0.29, 0.717) is 11.4 Å². The molecule has 3 aromatic rings. The van der Waals surface area contributed by atoms with Crippen molar-refractivity contribution in [1.82, 2.24) is 4.57 Å². The van der Waals surface area contributed by atoms with Crippen molar-refractivity contribution >= 4 is 40.0 Å². The largest absolute Gasteiger partial charge is 0.420 e. The smallest absolute Gasteiger partial charge is 0.407 e. The number of hydrogen-bond donors (Lipinski definition) is 2. The molecule has 0 spiro atoms. The number of fused-ring (bicyclic) bond motifs is 1. The number of non-ortho nitro benzene ring substituents is 1. The first-order valence-corrected chi connectivity index (χ1v) is 8.89. The number of carbonyl (C=O) groups is 2. The van der Waals surface area contributed by atoms with E-state index in [1.165, 1.54) is 12.1 Å². The fraction of sp³-hybridized carbons (Fsp3) is 0.211. The SMILES string of the molecule is O=C(Cn1c(=O)oc2cc([N+](=O)[O-])ccc21)Nc1ccc(NC(=O)C2CC2)cc1. The average molecular weight is 396 g/mol. The van der Waals surface area contributed by atoms with Gasteiger partial charge in [0.1, 0.15) is 6.54 Å². The Bertz CT molecular complexity index is 1170. The molecule has 1 aliphatic carbocycles. The topological polar surface area (TPSA) is 136 Å². The summed E-state index contributed by atoms with van der Waals surface area (Å²) in [6, 6.07) is 10.4. The number of nitro benzene ring substituents is 1. The lowest BCUT2D eigenvalue weighted by Gasteiger charge is -2.08. The van der Waals surface area contributed by atoms with Gasteiger partial charge in [0.05, 0.1) is 16.5 Å². The number of amides is 2. The normalized spacial score (nSPS) is 13.2. The summed E-state index contributed by atoms with van der Waals surface area (Å²) in [7, 11) is 0. The van der Waals surface area contributed by atoms with Gasteiger partial charge in [-0.3, -0.25) is 24.3 Å². The second-order valence-electron chi connectivity index (χ2n) is 6.75. The molecule has 29 heavy (non-hydrogen) atoms. The van der Waals surface area contributed by atoms with E-state index in [0.717, 1.165) is 23.5 Å². The zero-order valence-electron chi connectivity index (χ0n) is 15.1. The molecule has 1 aromatic heterocycles. The Balaban J connectivity index is 1.44. The van der Waals surface area contributed by atoms with Gasteiger partial charge in [-0.1, -0.05) is 0 Å². The summed E-state index contributed by atoms with van der Waals surface area (Å²) in [6.45, 7) is -0.316. The van der Waals surface area contributed by atoms with E-state index in [-0.39, 0.29) is 35.2 Å². The number of anilines is 2. The van der Waals surface area contributed by atoms with Crippen LogP contribution in [0.2, 0.25) is 0 Å². The second-order valence-corrected chi connectivity index (χ2v) is 6.75. The predicted octanol–water partition coefficient (Wildman–Crippen LogP) is 2.49. The van der Waals surface area contributed by atoms with Gasteiger partial charge in [-0.2, -0.15) is 0 Å². The van der Waals surface area contributed by atoms with Gasteiger partial charge in [0.2, 0.25) is 11.8 Å². The zero-order chi connectivity index (χ0) is 20.5. The van der Waals surface area contributed by atoms with Crippen LogP contribution in [0, 0.1) is 16.0 Å². The maximum absolute atomic E-state index is 12.3. The molecule has 1 fully saturated rings. The Labute approximate surface area is 163 Å². The highest BCUT2D eigenvalue weighted by Gasteiger charge is 2.29. The Kier molecular flexibility index (Phi) is 4.59. The molecule has 0 unspecified atom stereocenters. The van der Waals surface area contributed by atoms with Gasteiger partial charge in [-0.15, -0.1) is 0 Å². The van der Waals surface area contributed by atoms with E-state index >= 15 is 0 Å². The van der Waals surface area contributed by atoms with E-state index in [1.54, 1.807) is 24.3 Å². The van der Waals surface area contributed by atoms with E-state index in [9.17, 15) is 24.5 Å². The lowest BCUT2D eigenvalue weighted by Crippen LogP contribution is -2.24. The molecule has 0 aliphatic heterocycles. The Morgan fingerprint density at radius 2 is 1.76 bits per heavy atom. The number of hydrogen-bond acceptors (Lipinski definition) is 6. The van der Waals surface area contributed by atoms with Crippen molar-refractivity contribution in [3.05, 3.63) is 63.1 Å². The number of rotatable bonds is 6. The number of nitrogens with one attached hydrogen (secondary N) is 2. The van der Waals surface area contributed by atoms with Crippen LogP contribution in [-0.4, -0.2) is 21.3 Å². The van der Waals surface area contributed by atoms with Crippen LogP contribution < -0.4 is 16.4 Å². The monoisotopic (exact) mass is 396 g/mol. The summed E-state index contributed by atoms with van der Waals surface area (Å²) in [4.78, 5) is 46.3. The third-order valence-corrected chi connectivity index (χ3v) is 4.55. The van der Waals surface area contributed by atoms with Gasteiger partial charge in [0, 0.05) is 23.4 Å². The lowest BCUT2D eigenvalue weighted by molar-refractivity contribution is -0.384. The standard InChI is InChI=1S/C19H16N4O6/c24-17(20-12-3-5-13(6-4-12)21-18(25)11-1-2-11)10-22-15-8-7-14(23(27)28)9-16(15)29-19(22)26/h3-9,11H,1-2,10H2,(H,20,24)(H,21,25). The number of nitrogens with zero attached hydrogens (tertiary/aromatic N) is 2. The average Bonchev–Trinajstić information content (AvgIpc) is 3.49. The maximum atomic E-state index is 12.3. The molecule has 0 radical (unpaired) electrons. The van der Waals surface area contributed by atoms with Crippen molar-refractivity contribution in [3.8, 4) is 0 Å². The Morgan fingerprint density at radius 3 is 2.38 bits per heavy atom. The summed E-state index contributed by atoms with van der Waals surface area (Å²) >= 11 is 0. The van der Waals surface area contributed by atoms with Gasteiger partial charge >= 0.3 is 5.76 Å². The van der Waals surface area contributed by atoms with Crippen molar-refractivity contribution < 1.29 is 18.9 Å². The van der Waals surface area contributed by atoms with Crippen molar-refractivity contribution in [2.24, 2.45) is 5.92 Å². The molecule has 10 nitrogen and oxygen atoms in total. The van der Waals surface area contributed by atoms with Crippen molar-refractivity contribution in [2.45, 2.75) is 19.4 Å². The quantitative estimate of drug-likeness (QED) is 0.485. The van der Waals surface area contributed by atoms with Gasteiger partial charge in [0.15, 0.2) is 5.58 Å². The summed E-state index contributed by atoms with van der Waals surface area (Å²) in [5, 5.41) is 16.3. The molecule has 10 heteroatoms. The van der Waals surface area contributed by atoms with Crippen molar-refractivity contribution in [1.29, 1.82) is 0 Å². The molecule has 2 amide bonds. The molecule has 148 valence electrons. The van der Waals surface area contributed by atoms with Gasteiger partial charge in [-0.05, 0) is 43.2 Å². The van der Waals surface area contributed by atoms with Gasteiger partial charge in [0.25, 0.3) is 5.69 Å². The highest BCUT2D eigenvalue weighted by Crippen LogP contribution is 2.30. The third kappa shape index (κ3) is 4.00. The molecular weight excluding hydrogens is 380 g/mol. The highest BCUT2D eigenvalue weighted by molar-refractivity contribution is 5.95. The molecule has 2 aromatic carbocycles. The van der Waals surface area contributed by atoms with E-state index < -0.39 is 16.6 Å². The second kappa shape index (κ2) is 7.23. The minimum Gasteiger partial charge on any atom is -0.407 e. The first-order valence-electron chi connectivity index (χ1n) is 8.89. The van der Waals surface area contributed by atoms with Crippen LogP contribution in [0.1, 0.15) is 12.8 Å². The van der Waals surface area contributed by atoms with Gasteiger partial charge in [-0.25, -0.2) is 4.79 Å². The molecule has 4 rings (SSSR count). The van der Waals surface area contributed by atoms with E-state index in [2.05, 4.69) is 10.6 Å². The molecular formula is C19H16N4O6. The first-order chi connectivity index (χ1) is 13.9. The number of aromatic nitrogens is 1. The molecule has 1 aliphatic rings. The minimum atomic E-state index is -0.784. The number of oxazole rings is 1. The molecule has 0 saturated heterocycles. The van der Waals surface area contributed by atoms with Gasteiger partial charge < -0.3 is 15.1 Å². The predicted molar refractivity (Wildman–Crippen MR) is 104 cm³/mol. The first kappa shape index (κ1) is 18.4. The molecule has 1 heterocycles. The van der Waals surface area contributed by atoms with E-state index in [4.69, 9.17) is 4.42 Å². The number of nitro groups is 1. The van der Waals surface area contributed by atoms with Crippen LogP contribution >= 0.6 is 0 Å². The Hall–Kier alpha value is -3.95. The number of benzene rings is 2. The fourth-order valence-electron chi connectivity index (χ4n) is 2.89. The highest BCUT2D eigenvalue weighted by atomic mass is 16.6. The summed E-state index contributed by atoms with van der Waals surface area (Å²) in [5.74, 6) is -1.16. The van der Waals surface area contributed by atoms with E-state index in [1.807, 2.05) is 0 Å². The third-order valence-electron chi connectivity index (χ3n) is 4.55. The number of carbonyl (C=O) groups excluding carboxylic acids is 2. The molecule has 0 atom stereocenters. The fourth-order valence-corrected chi connectivity index (χ4v) is 2.89. The Morgan fingerprint density at radius 1 is 1.10 bits per heavy atom. The van der Waals surface area contributed by atoms with Crippen molar-refractivity contribution in [3.63, 3.8) is 0 Å². The lowest BCUT2D eigenvalue weighted by atomic mass is 10.2. The molecule has 1 saturated carbocycles.